The highest BCUT2D eigenvalue weighted by Gasteiger charge is 2.32. The molecule has 1 fully saturated rings. The normalized spacial score (nSPS) is 21.4. The van der Waals surface area contributed by atoms with Crippen LogP contribution >= 0.6 is 0 Å². The first-order chi connectivity index (χ1) is 9.15. The zero-order valence-electron chi connectivity index (χ0n) is 11.6. The molecule has 19 heavy (non-hydrogen) atoms. The van der Waals surface area contributed by atoms with Gasteiger partial charge in [-0.15, -0.1) is 0 Å². The monoisotopic (exact) mass is 260 g/mol. The lowest BCUT2D eigenvalue weighted by Crippen LogP contribution is -2.32. The van der Waals surface area contributed by atoms with Crippen LogP contribution in [0.25, 0.3) is 5.70 Å². The maximum atomic E-state index is 5.77. The molecule has 3 rings (SSSR count). The van der Waals surface area contributed by atoms with Crippen molar-refractivity contribution in [2.75, 3.05) is 6.54 Å². The number of aryl methyl sites for hydroxylation is 1. The molecule has 0 saturated carbocycles. The lowest BCUT2D eigenvalue weighted by Gasteiger charge is -2.20. The van der Waals surface area contributed by atoms with E-state index in [2.05, 4.69) is 29.5 Å². The molecule has 4 heteroatoms. The van der Waals surface area contributed by atoms with E-state index in [9.17, 15) is 0 Å². The van der Waals surface area contributed by atoms with E-state index in [4.69, 9.17) is 9.47 Å². The van der Waals surface area contributed by atoms with E-state index in [0.717, 1.165) is 35.5 Å². The molecule has 1 saturated heterocycles. The van der Waals surface area contributed by atoms with Crippen LogP contribution in [0, 0.1) is 6.92 Å². The number of hydrogen-bond donors (Lipinski definition) is 1. The number of hydrogen-bond acceptors (Lipinski definition) is 4. The number of rotatable bonds is 3. The van der Waals surface area contributed by atoms with Crippen LogP contribution in [0.15, 0.2) is 24.5 Å². The zero-order valence-corrected chi connectivity index (χ0v) is 11.6. The van der Waals surface area contributed by atoms with Gasteiger partial charge in [-0.1, -0.05) is 0 Å². The minimum absolute atomic E-state index is 0.155. The molecule has 1 atom stereocenters. The third-order valence-electron chi connectivity index (χ3n) is 3.39. The van der Waals surface area contributed by atoms with Gasteiger partial charge in [0.1, 0.15) is 12.0 Å². The zero-order chi connectivity index (χ0) is 13.4. The van der Waals surface area contributed by atoms with Gasteiger partial charge in [-0.25, -0.2) is 5.43 Å². The second kappa shape index (κ2) is 4.78. The summed E-state index contributed by atoms with van der Waals surface area (Å²) in [5.41, 5.74) is 6.75. The Morgan fingerprint density at radius 3 is 3.00 bits per heavy atom. The Hall–Kier alpha value is -1.68. The SMILES string of the molecule is Cc1cc(C2=COC3CCNN23)ccc1OC(C)C. The number of ether oxygens (including phenoxy) is 2. The Balaban J connectivity index is 1.84. The van der Waals surface area contributed by atoms with Gasteiger partial charge in [0, 0.05) is 18.5 Å². The van der Waals surface area contributed by atoms with Crippen molar-refractivity contribution in [3.63, 3.8) is 0 Å². The van der Waals surface area contributed by atoms with Crippen molar-refractivity contribution in [2.45, 2.75) is 39.5 Å². The van der Waals surface area contributed by atoms with Gasteiger partial charge < -0.3 is 9.47 Å². The molecule has 2 aliphatic heterocycles. The predicted molar refractivity (Wildman–Crippen MR) is 74.3 cm³/mol. The van der Waals surface area contributed by atoms with Crippen LogP contribution in [0.2, 0.25) is 0 Å². The molecule has 1 aromatic rings. The molecule has 0 aliphatic carbocycles. The van der Waals surface area contributed by atoms with Crippen molar-refractivity contribution in [2.24, 2.45) is 0 Å². The molecule has 0 radical (unpaired) electrons. The maximum absolute atomic E-state index is 5.77. The summed E-state index contributed by atoms with van der Waals surface area (Å²) < 4.78 is 11.4. The van der Waals surface area contributed by atoms with Crippen LogP contribution in [0.4, 0.5) is 0 Å². The van der Waals surface area contributed by atoms with Gasteiger partial charge in [-0.05, 0) is 44.5 Å². The summed E-state index contributed by atoms with van der Waals surface area (Å²) in [6.45, 7) is 7.13. The molecule has 2 aliphatic rings. The molecular formula is C15H20N2O2. The first-order valence-electron chi connectivity index (χ1n) is 6.81. The summed E-state index contributed by atoms with van der Waals surface area (Å²) in [4.78, 5) is 0. The first-order valence-corrected chi connectivity index (χ1v) is 6.81. The minimum atomic E-state index is 0.155. The van der Waals surface area contributed by atoms with Crippen molar-refractivity contribution >= 4 is 5.70 Å². The molecular weight excluding hydrogens is 240 g/mol. The van der Waals surface area contributed by atoms with E-state index in [1.807, 2.05) is 26.2 Å². The fourth-order valence-electron chi connectivity index (χ4n) is 2.51. The Morgan fingerprint density at radius 1 is 1.42 bits per heavy atom. The Labute approximate surface area is 114 Å². The average molecular weight is 260 g/mol. The smallest absolute Gasteiger partial charge is 0.186 e. The van der Waals surface area contributed by atoms with Crippen LogP contribution in [0.5, 0.6) is 5.75 Å². The molecule has 0 spiro atoms. The first kappa shape index (κ1) is 12.4. The molecule has 0 bridgehead atoms. The summed E-state index contributed by atoms with van der Waals surface area (Å²) in [7, 11) is 0. The fraction of sp³-hybridized carbons (Fsp3) is 0.467. The fourth-order valence-corrected chi connectivity index (χ4v) is 2.51. The van der Waals surface area contributed by atoms with Gasteiger partial charge in [-0.2, -0.15) is 0 Å². The summed E-state index contributed by atoms with van der Waals surface area (Å²) in [6, 6.07) is 6.27. The number of hydrazine groups is 1. The van der Waals surface area contributed by atoms with E-state index in [-0.39, 0.29) is 12.3 Å². The van der Waals surface area contributed by atoms with Crippen molar-refractivity contribution < 1.29 is 9.47 Å². The van der Waals surface area contributed by atoms with Crippen LogP contribution < -0.4 is 10.2 Å². The topological polar surface area (TPSA) is 33.7 Å². The van der Waals surface area contributed by atoms with E-state index in [0.29, 0.717) is 0 Å². The Bertz CT molecular complexity index is 511. The second-order valence-corrected chi connectivity index (χ2v) is 5.31. The number of nitrogens with one attached hydrogen (secondary N) is 1. The van der Waals surface area contributed by atoms with Gasteiger partial charge in [0.05, 0.1) is 11.8 Å². The van der Waals surface area contributed by atoms with Crippen molar-refractivity contribution in [1.29, 1.82) is 0 Å². The molecule has 1 aromatic carbocycles. The highest BCUT2D eigenvalue weighted by Crippen LogP contribution is 2.32. The van der Waals surface area contributed by atoms with Crippen molar-refractivity contribution in [3.05, 3.63) is 35.6 Å². The highest BCUT2D eigenvalue weighted by atomic mass is 16.5. The van der Waals surface area contributed by atoms with E-state index < -0.39 is 0 Å². The molecule has 2 heterocycles. The van der Waals surface area contributed by atoms with Crippen LogP contribution in [0.1, 0.15) is 31.4 Å². The molecule has 102 valence electrons. The minimum Gasteiger partial charge on any atom is -0.491 e. The summed E-state index contributed by atoms with van der Waals surface area (Å²) in [5.74, 6) is 0.948. The Morgan fingerprint density at radius 2 is 2.26 bits per heavy atom. The summed E-state index contributed by atoms with van der Waals surface area (Å²) in [5, 5.41) is 2.11. The lowest BCUT2D eigenvalue weighted by atomic mass is 10.1. The third kappa shape index (κ3) is 2.28. The van der Waals surface area contributed by atoms with Gasteiger partial charge in [0.25, 0.3) is 0 Å². The number of fused-ring (bicyclic) bond motifs is 1. The quantitative estimate of drug-likeness (QED) is 0.906. The molecule has 1 unspecified atom stereocenters. The largest absolute Gasteiger partial charge is 0.491 e. The van der Waals surface area contributed by atoms with Gasteiger partial charge >= 0.3 is 0 Å². The number of nitrogens with zero attached hydrogens (tertiary/aromatic N) is 1. The number of benzene rings is 1. The van der Waals surface area contributed by atoms with Gasteiger partial charge in [0.15, 0.2) is 6.23 Å². The summed E-state index contributed by atoms with van der Waals surface area (Å²) >= 11 is 0. The van der Waals surface area contributed by atoms with Crippen molar-refractivity contribution in [3.8, 4) is 5.75 Å². The van der Waals surface area contributed by atoms with E-state index >= 15 is 0 Å². The van der Waals surface area contributed by atoms with Crippen LogP contribution in [-0.2, 0) is 4.74 Å². The van der Waals surface area contributed by atoms with E-state index in [1.54, 1.807) is 0 Å². The van der Waals surface area contributed by atoms with Gasteiger partial charge in [0.2, 0.25) is 0 Å². The van der Waals surface area contributed by atoms with Crippen LogP contribution in [0.3, 0.4) is 0 Å². The lowest BCUT2D eigenvalue weighted by molar-refractivity contribution is 0.0744. The Kier molecular flexibility index (Phi) is 3.11. The predicted octanol–water partition coefficient (Wildman–Crippen LogP) is 2.65. The molecule has 0 amide bonds. The van der Waals surface area contributed by atoms with Crippen LogP contribution in [-0.4, -0.2) is 23.9 Å². The molecule has 1 N–H and O–H groups in total. The second-order valence-electron chi connectivity index (χ2n) is 5.31. The maximum Gasteiger partial charge on any atom is 0.186 e. The van der Waals surface area contributed by atoms with Gasteiger partial charge in [-0.3, -0.25) is 5.01 Å². The highest BCUT2D eigenvalue weighted by molar-refractivity contribution is 5.66. The summed E-state index contributed by atoms with van der Waals surface area (Å²) in [6.07, 6.45) is 3.22. The van der Waals surface area contributed by atoms with E-state index in [1.165, 1.54) is 0 Å². The third-order valence-corrected chi connectivity index (χ3v) is 3.39. The molecule has 4 nitrogen and oxygen atoms in total. The van der Waals surface area contributed by atoms with Crippen molar-refractivity contribution in [1.82, 2.24) is 10.4 Å². The average Bonchev–Trinajstić information content (AvgIpc) is 2.93. The standard InChI is InChI=1S/C15H20N2O2/c1-10(2)19-14-5-4-12(8-11(14)3)13-9-18-15-6-7-16-17(13)15/h4-5,8-10,15-16H,6-7H2,1-3H3. The molecule has 0 aromatic heterocycles.